The van der Waals surface area contributed by atoms with Gasteiger partial charge in [-0.1, -0.05) is 12.1 Å². The van der Waals surface area contributed by atoms with Gasteiger partial charge < -0.3 is 9.47 Å². The maximum atomic E-state index is 12.1. The van der Waals surface area contributed by atoms with Crippen molar-refractivity contribution in [1.29, 1.82) is 0 Å². The Kier molecular flexibility index (Phi) is 5.91. The van der Waals surface area contributed by atoms with Crippen LogP contribution in [-0.4, -0.2) is 29.3 Å². The standard InChI is InChI=1S/C14H18F2O3S/c15-14(16)19-12-6-3-4-11(8-12)9-20(17)10-13-5-1-2-7-18-13/h3-4,6,8,13-14H,1-2,5,7,9-10H2/t13-,20-/m0/s1. The summed E-state index contributed by atoms with van der Waals surface area (Å²) in [6.07, 6.45) is 3.18. The molecule has 20 heavy (non-hydrogen) atoms. The molecule has 1 saturated heterocycles. The van der Waals surface area contributed by atoms with Gasteiger partial charge in [-0.25, -0.2) is 0 Å². The first-order valence-electron chi connectivity index (χ1n) is 6.64. The molecule has 0 amide bonds. The van der Waals surface area contributed by atoms with Crippen LogP contribution in [0.4, 0.5) is 8.78 Å². The van der Waals surface area contributed by atoms with Gasteiger partial charge in [-0.2, -0.15) is 8.78 Å². The molecule has 1 heterocycles. The summed E-state index contributed by atoms with van der Waals surface area (Å²) in [4.78, 5) is 0. The molecule has 0 bridgehead atoms. The van der Waals surface area contributed by atoms with E-state index in [-0.39, 0.29) is 11.9 Å². The molecule has 2 atom stereocenters. The van der Waals surface area contributed by atoms with E-state index in [2.05, 4.69) is 4.74 Å². The zero-order valence-corrected chi connectivity index (χ0v) is 11.9. The molecule has 2 rings (SSSR count). The molecular weight excluding hydrogens is 286 g/mol. The van der Waals surface area contributed by atoms with Crippen LogP contribution in [0.25, 0.3) is 0 Å². The third-order valence-corrected chi connectivity index (χ3v) is 4.50. The Morgan fingerprint density at radius 1 is 1.40 bits per heavy atom. The number of hydrogen-bond donors (Lipinski definition) is 0. The lowest BCUT2D eigenvalue weighted by atomic mass is 10.1. The highest BCUT2D eigenvalue weighted by molar-refractivity contribution is 7.84. The summed E-state index contributed by atoms with van der Waals surface area (Å²) < 4.78 is 46.2. The first-order valence-corrected chi connectivity index (χ1v) is 8.12. The van der Waals surface area contributed by atoms with Crippen LogP contribution < -0.4 is 4.74 Å². The summed E-state index contributed by atoms with van der Waals surface area (Å²) in [5.41, 5.74) is 0.734. The number of benzene rings is 1. The highest BCUT2D eigenvalue weighted by atomic mass is 32.2. The highest BCUT2D eigenvalue weighted by Crippen LogP contribution is 2.18. The van der Waals surface area contributed by atoms with Crippen LogP contribution in [0, 0.1) is 0 Å². The lowest BCUT2D eigenvalue weighted by Gasteiger charge is -2.22. The third kappa shape index (κ3) is 5.17. The Labute approximate surface area is 119 Å². The lowest BCUT2D eigenvalue weighted by Crippen LogP contribution is -2.25. The van der Waals surface area contributed by atoms with E-state index in [0.29, 0.717) is 11.5 Å². The molecule has 1 aromatic carbocycles. The van der Waals surface area contributed by atoms with Crippen molar-refractivity contribution in [2.75, 3.05) is 12.4 Å². The van der Waals surface area contributed by atoms with Crippen molar-refractivity contribution < 1.29 is 22.5 Å². The Bertz CT molecular complexity index is 448. The van der Waals surface area contributed by atoms with Gasteiger partial charge in [-0.3, -0.25) is 4.21 Å². The predicted octanol–water partition coefficient (Wildman–Crippen LogP) is 3.11. The Morgan fingerprint density at radius 2 is 2.25 bits per heavy atom. The van der Waals surface area contributed by atoms with Gasteiger partial charge in [-0.05, 0) is 37.0 Å². The van der Waals surface area contributed by atoms with Crippen LogP contribution in [0.2, 0.25) is 0 Å². The molecule has 112 valence electrons. The van der Waals surface area contributed by atoms with E-state index >= 15 is 0 Å². The SMILES string of the molecule is O=[S@@](Cc1cccc(OC(F)F)c1)C[C@@H]1CCCCO1. The van der Waals surface area contributed by atoms with E-state index in [1.54, 1.807) is 12.1 Å². The van der Waals surface area contributed by atoms with E-state index in [1.807, 2.05) is 0 Å². The van der Waals surface area contributed by atoms with Gasteiger partial charge in [0.1, 0.15) is 5.75 Å². The van der Waals surface area contributed by atoms with Gasteiger partial charge in [-0.15, -0.1) is 0 Å². The number of ether oxygens (including phenoxy) is 2. The van der Waals surface area contributed by atoms with Gasteiger partial charge in [0.15, 0.2) is 0 Å². The molecule has 1 aliphatic heterocycles. The molecular formula is C14H18F2O3S. The van der Waals surface area contributed by atoms with Crippen LogP contribution in [0.15, 0.2) is 24.3 Å². The van der Waals surface area contributed by atoms with Crippen molar-refractivity contribution in [2.45, 2.75) is 37.7 Å². The maximum Gasteiger partial charge on any atom is 0.387 e. The smallest absolute Gasteiger partial charge is 0.387 e. The molecule has 0 N–H and O–H groups in total. The third-order valence-electron chi connectivity index (χ3n) is 3.10. The zero-order chi connectivity index (χ0) is 14.4. The number of hydrogen-bond acceptors (Lipinski definition) is 3. The normalized spacial score (nSPS) is 20.9. The van der Waals surface area contributed by atoms with E-state index < -0.39 is 17.4 Å². The molecule has 0 spiro atoms. The first-order chi connectivity index (χ1) is 9.63. The van der Waals surface area contributed by atoms with E-state index in [4.69, 9.17) is 4.74 Å². The molecule has 0 saturated carbocycles. The van der Waals surface area contributed by atoms with Crippen LogP contribution in [0.3, 0.4) is 0 Å². The summed E-state index contributed by atoms with van der Waals surface area (Å²) in [5, 5.41) is 0. The average molecular weight is 304 g/mol. The average Bonchev–Trinajstić information content (AvgIpc) is 2.39. The fourth-order valence-electron chi connectivity index (χ4n) is 2.20. The van der Waals surface area contributed by atoms with Crippen molar-refractivity contribution in [2.24, 2.45) is 0 Å². The van der Waals surface area contributed by atoms with Crippen molar-refractivity contribution in [1.82, 2.24) is 0 Å². The van der Waals surface area contributed by atoms with Crippen molar-refractivity contribution in [3.63, 3.8) is 0 Å². The summed E-state index contributed by atoms with van der Waals surface area (Å²) in [6.45, 7) is -2.11. The van der Waals surface area contributed by atoms with Gasteiger partial charge in [0.2, 0.25) is 0 Å². The first kappa shape index (κ1) is 15.4. The largest absolute Gasteiger partial charge is 0.435 e. The second-order valence-electron chi connectivity index (χ2n) is 4.77. The van der Waals surface area contributed by atoms with Gasteiger partial charge in [0.25, 0.3) is 0 Å². The van der Waals surface area contributed by atoms with Crippen LogP contribution in [0.1, 0.15) is 24.8 Å². The van der Waals surface area contributed by atoms with E-state index in [1.165, 1.54) is 12.1 Å². The zero-order valence-electron chi connectivity index (χ0n) is 11.1. The summed E-state index contributed by atoms with van der Waals surface area (Å²) in [6, 6.07) is 6.36. The summed E-state index contributed by atoms with van der Waals surface area (Å²) in [7, 11) is -1.06. The second kappa shape index (κ2) is 7.69. The highest BCUT2D eigenvalue weighted by Gasteiger charge is 2.17. The Hall–Kier alpha value is -1.01. The molecule has 0 aromatic heterocycles. The lowest BCUT2D eigenvalue weighted by molar-refractivity contribution is -0.0498. The molecule has 0 aliphatic carbocycles. The van der Waals surface area contributed by atoms with Crippen LogP contribution in [0.5, 0.6) is 5.75 Å². The van der Waals surface area contributed by atoms with Crippen molar-refractivity contribution in [3.8, 4) is 5.75 Å². The molecule has 3 nitrogen and oxygen atoms in total. The molecule has 0 radical (unpaired) electrons. The van der Waals surface area contributed by atoms with E-state index in [9.17, 15) is 13.0 Å². The minimum absolute atomic E-state index is 0.0603. The fraction of sp³-hybridized carbons (Fsp3) is 0.571. The maximum absolute atomic E-state index is 12.1. The van der Waals surface area contributed by atoms with Crippen molar-refractivity contribution >= 4 is 10.8 Å². The number of alkyl halides is 2. The predicted molar refractivity (Wildman–Crippen MR) is 73.4 cm³/mol. The van der Waals surface area contributed by atoms with Gasteiger partial charge in [0, 0.05) is 23.2 Å². The molecule has 0 unspecified atom stereocenters. The molecule has 1 fully saturated rings. The molecule has 6 heteroatoms. The summed E-state index contributed by atoms with van der Waals surface area (Å²) >= 11 is 0. The summed E-state index contributed by atoms with van der Waals surface area (Å²) in [5.74, 6) is 0.934. The Morgan fingerprint density at radius 3 is 2.95 bits per heavy atom. The minimum atomic E-state index is -2.84. The van der Waals surface area contributed by atoms with Crippen LogP contribution in [-0.2, 0) is 21.3 Å². The van der Waals surface area contributed by atoms with Crippen molar-refractivity contribution in [3.05, 3.63) is 29.8 Å². The monoisotopic (exact) mass is 304 g/mol. The number of rotatable bonds is 6. The fourth-order valence-corrected chi connectivity index (χ4v) is 3.55. The minimum Gasteiger partial charge on any atom is -0.435 e. The van der Waals surface area contributed by atoms with E-state index in [0.717, 1.165) is 31.4 Å². The van der Waals surface area contributed by atoms with Gasteiger partial charge in [0.05, 0.1) is 11.9 Å². The molecule has 1 aromatic rings. The topological polar surface area (TPSA) is 35.5 Å². The Balaban J connectivity index is 1.86. The number of halogens is 2. The quantitative estimate of drug-likeness (QED) is 0.810. The molecule has 1 aliphatic rings. The second-order valence-corrected chi connectivity index (χ2v) is 6.27. The van der Waals surface area contributed by atoms with Gasteiger partial charge >= 0.3 is 6.61 Å². The van der Waals surface area contributed by atoms with Crippen LogP contribution >= 0.6 is 0 Å².